The first kappa shape index (κ1) is 14.2. The standard InChI is InChI=1S/C13H18BrNO2/c1-9(2)11(7-15)13(16)17-8-10-5-3-4-6-12(10)14/h3-6,9,11H,7-8,15H2,1-2H3. The lowest BCUT2D eigenvalue weighted by molar-refractivity contribution is -0.151. The minimum atomic E-state index is -0.225. The molecule has 1 aromatic carbocycles. The van der Waals surface area contributed by atoms with Crippen molar-refractivity contribution in [1.82, 2.24) is 0 Å². The van der Waals surface area contributed by atoms with Crippen LogP contribution in [0.5, 0.6) is 0 Å². The molecule has 94 valence electrons. The fourth-order valence-electron chi connectivity index (χ4n) is 1.51. The van der Waals surface area contributed by atoms with Crippen LogP contribution in [0.1, 0.15) is 19.4 Å². The second kappa shape index (κ2) is 6.77. The van der Waals surface area contributed by atoms with Gasteiger partial charge < -0.3 is 10.5 Å². The molecule has 17 heavy (non-hydrogen) atoms. The highest BCUT2D eigenvalue weighted by Gasteiger charge is 2.22. The number of rotatable bonds is 5. The molecule has 0 aromatic heterocycles. The summed E-state index contributed by atoms with van der Waals surface area (Å²) in [6, 6.07) is 7.68. The van der Waals surface area contributed by atoms with Crippen LogP contribution in [0.4, 0.5) is 0 Å². The molecule has 0 amide bonds. The number of halogens is 1. The maximum atomic E-state index is 11.8. The number of carbonyl (C=O) groups is 1. The Kier molecular flexibility index (Phi) is 5.65. The highest BCUT2D eigenvalue weighted by molar-refractivity contribution is 9.10. The minimum absolute atomic E-state index is 0.201. The third-order valence-electron chi connectivity index (χ3n) is 2.69. The number of ether oxygens (including phenoxy) is 1. The summed E-state index contributed by atoms with van der Waals surface area (Å²) >= 11 is 3.41. The maximum Gasteiger partial charge on any atom is 0.310 e. The zero-order chi connectivity index (χ0) is 12.8. The van der Waals surface area contributed by atoms with Crippen molar-refractivity contribution in [3.05, 3.63) is 34.3 Å². The Morgan fingerprint density at radius 1 is 1.41 bits per heavy atom. The molecule has 0 aliphatic rings. The van der Waals surface area contributed by atoms with Crippen LogP contribution in [-0.4, -0.2) is 12.5 Å². The zero-order valence-corrected chi connectivity index (χ0v) is 11.7. The molecule has 0 saturated carbocycles. The van der Waals surface area contributed by atoms with E-state index in [1.165, 1.54) is 0 Å². The molecule has 1 atom stereocenters. The first-order valence-electron chi connectivity index (χ1n) is 5.66. The summed E-state index contributed by atoms with van der Waals surface area (Å²) in [4.78, 5) is 11.8. The van der Waals surface area contributed by atoms with E-state index in [4.69, 9.17) is 10.5 Å². The highest BCUT2D eigenvalue weighted by atomic mass is 79.9. The van der Waals surface area contributed by atoms with Crippen LogP contribution in [0, 0.1) is 11.8 Å². The Hall–Kier alpha value is -0.870. The topological polar surface area (TPSA) is 52.3 Å². The van der Waals surface area contributed by atoms with Gasteiger partial charge in [-0.15, -0.1) is 0 Å². The lowest BCUT2D eigenvalue weighted by Gasteiger charge is -2.17. The molecular formula is C13H18BrNO2. The van der Waals surface area contributed by atoms with E-state index in [1.54, 1.807) is 0 Å². The van der Waals surface area contributed by atoms with Gasteiger partial charge in [-0.1, -0.05) is 48.0 Å². The summed E-state index contributed by atoms with van der Waals surface area (Å²) in [5.41, 5.74) is 6.52. The number of hydrogen-bond acceptors (Lipinski definition) is 3. The molecule has 0 saturated heterocycles. The largest absolute Gasteiger partial charge is 0.461 e. The minimum Gasteiger partial charge on any atom is -0.461 e. The van der Waals surface area contributed by atoms with Crippen molar-refractivity contribution >= 4 is 21.9 Å². The third-order valence-corrected chi connectivity index (χ3v) is 3.46. The SMILES string of the molecule is CC(C)C(CN)C(=O)OCc1ccccc1Br. The van der Waals surface area contributed by atoms with E-state index in [0.717, 1.165) is 10.0 Å². The van der Waals surface area contributed by atoms with E-state index in [0.29, 0.717) is 6.54 Å². The highest BCUT2D eigenvalue weighted by Crippen LogP contribution is 2.18. The molecule has 0 heterocycles. The molecule has 0 radical (unpaired) electrons. The number of hydrogen-bond donors (Lipinski definition) is 1. The molecule has 1 aromatic rings. The zero-order valence-electron chi connectivity index (χ0n) is 10.2. The lowest BCUT2D eigenvalue weighted by Crippen LogP contribution is -2.29. The molecule has 1 unspecified atom stereocenters. The average Bonchev–Trinajstić information content (AvgIpc) is 2.28. The number of carbonyl (C=O) groups excluding carboxylic acids is 1. The van der Waals surface area contributed by atoms with Gasteiger partial charge in [0.1, 0.15) is 6.61 Å². The fraction of sp³-hybridized carbons (Fsp3) is 0.462. The van der Waals surface area contributed by atoms with Crippen molar-refractivity contribution in [2.75, 3.05) is 6.54 Å². The molecule has 0 bridgehead atoms. The van der Waals surface area contributed by atoms with Gasteiger partial charge in [-0.25, -0.2) is 0 Å². The predicted molar refractivity (Wildman–Crippen MR) is 71.3 cm³/mol. The van der Waals surface area contributed by atoms with Crippen LogP contribution < -0.4 is 5.73 Å². The van der Waals surface area contributed by atoms with Crippen molar-refractivity contribution < 1.29 is 9.53 Å². The van der Waals surface area contributed by atoms with Gasteiger partial charge >= 0.3 is 5.97 Å². The molecule has 3 nitrogen and oxygen atoms in total. The molecule has 2 N–H and O–H groups in total. The van der Waals surface area contributed by atoms with Gasteiger partial charge in [0.2, 0.25) is 0 Å². The van der Waals surface area contributed by atoms with Gasteiger partial charge in [-0.2, -0.15) is 0 Å². The molecule has 0 aliphatic carbocycles. The third kappa shape index (κ3) is 4.13. The van der Waals surface area contributed by atoms with E-state index in [-0.39, 0.29) is 24.4 Å². The van der Waals surface area contributed by atoms with E-state index in [9.17, 15) is 4.79 Å². The molecule has 0 fully saturated rings. The molecule has 0 spiro atoms. The van der Waals surface area contributed by atoms with Crippen molar-refractivity contribution in [3.8, 4) is 0 Å². The Labute approximate surface area is 110 Å². The first-order chi connectivity index (χ1) is 8.06. The second-order valence-corrected chi connectivity index (χ2v) is 5.14. The van der Waals surface area contributed by atoms with E-state index >= 15 is 0 Å². The average molecular weight is 300 g/mol. The fourth-order valence-corrected chi connectivity index (χ4v) is 1.91. The number of nitrogens with two attached hydrogens (primary N) is 1. The lowest BCUT2D eigenvalue weighted by atomic mass is 9.96. The summed E-state index contributed by atoms with van der Waals surface area (Å²) in [6.07, 6.45) is 0. The summed E-state index contributed by atoms with van der Waals surface area (Å²) < 4.78 is 6.22. The Morgan fingerprint density at radius 2 is 2.06 bits per heavy atom. The molecule has 4 heteroatoms. The predicted octanol–water partition coefficient (Wildman–Crippen LogP) is 2.72. The van der Waals surface area contributed by atoms with Crippen LogP contribution in [0.25, 0.3) is 0 Å². The summed E-state index contributed by atoms with van der Waals surface area (Å²) in [7, 11) is 0. The van der Waals surface area contributed by atoms with E-state index in [1.807, 2.05) is 38.1 Å². The number of benzene rings is 1. The van der Waals surface area contributed by atoms with E-state index < -0.39 is 0 Å². The van der Waals surface area contributed by atoms with Gasteiger partial charge in [-0.3, -0.25) is 4.79 Å². The normalized spacial score (nSPS) is 12.5. The molecular weight excluding hydrogens is 282 g/mol. The van der Waals surface area contributed by atoms with Crippen molar-refractivity contribution in [1.29, 1.82) is 0 Å². The summed E-state index contributed by atoms with van der Waals surface area (Å²) in [5.74, 6) is -0.248. The van der Waals surface area contributed by atoms with Crippen molar-refractivity contribution in [2.45, 2.75) is 20.5 Å². The van der Waals surface area contributed by atoms with Crippen LogP contribution in [-0.2, 0) is 16.1 Å². The van der Waals surface area contributed by atoms with Crippen molar-refractivity contribution in [2.24, 2.45) is 17.6 Å². The van der Waals surface area contributed by atoms with E-state index in [2.05, 4.69) is 15.9 Å². The smallest absolute Gasteiger partial charge is 0.310 e. The molecule has 1 rings (SSSR count). The van der Waals surface area contributed by atoms with Gasteiger partial charge in [0.15, 0.2) is 0 Å². The van der Waals surface area contributed by atoms with Crippen LogP contribution in [0.3, 0.4) is 0 Å². The van der Waals surface area contributed by atoms with Crippen LogP contribution in [0.2, 0.25) is 0 Å². The second-order valence-electron chi connectivity index (χ2n) is 4.29. The van der Waals surface area contributed by atoms with Gasteiger partial charge in [0, 0.05) is 16.6 Å². The Balaban J connectivity index is 2.56. The number of esters is 1. The summed E-state index contributed by atoms with van der Waals surface area (Å²) in [5, 5.41) is 0. The van der Waals surface area contributed by atoms with Gasteiger partial charge in [0.25, 0.3) is 0 Å². The summed E-state index contributed by atoms with van der Waals surface area (Å²) in [6.45, 7) is 4.55. The van der Waals surface area contributed by atoms with Crippen molar-refractivity contribution in [3.63, 3.8) is 0 Å². The Bertz CT molecular complexity index is 379. The van der Waals surface area contributed by atoms with Crippen LogP contribution >= 0.6 is 15.9 Å². The van der Waals surface area contributed by atoms with Gasteiger partial charge in [0.05, 0.1) is 5.92 Å². The Morgan fingerprint density at radius 3 is 2.59 bits per heavy atom. The monoisotopic (exact) mass is 299 g/mol. The van der Waals surface area contributed by atoms with Crippen LogP contribution in [0.15, 0.2) is 28.7 Å². The molecule has 0 aliphatic heterocycles. The first-order valence-corrected chi connectivity index (χ1v) is 6.45. The quantitative estimate of drug-likeness (QED) is 0.851. The van der Waals surface area contributed by atoms with Gasteiger partial charge in [-0.05, 0) is 12.0 Å². The maximum absolute atomic E-state index is 11.8.